The maximum atomic E-state index is 13.6. The van der Waals surface area contributed by atoms with Crippen LogP contribution in [-0.2, 0) is 11.4 Å². The van der Waals surface area contributed by atoms with Crippen LogP contribution in [0.15, 0.2) is 52.7 Å². The second kappa shape index (κ2) is 7.89. The lowest BCUT2D eigenvalue weighted by Gasteiger charge is -2.09. The zero-order valence-corrected chi connectivity index (χ0v) is 13.7. The average Bonchev–Trinajstić information content (AvgIpc) is 3.00. The third-order valence-corrected chi connectivity index (χ3v) is 4.13. The minimum atomic E-state index is -0.758. The van der Waals surface area contributed by atoms with E-state index in [0.29, 0.717) is 10.9 Å². The molecule has 0 radical (unpaired) electrons. The molecular weight excluding hydrogens is 348 g/mol. The van der Waals surface area contributed by atoms with E-state index < -0.39 is 11.6 Å². The fourth-order valence-electron chi connectivity index (χ4n) is 2.06. The maximum absolute atomic E-state index is 13.6. The van der Waals surface area contributed by atoms with Crippen molar-refractivity contribution in [3.05, 3.63) is 65.2 Å². The van der Waals surface area contributed by atoms with Gasteiger partial charge in [-0.3, -0.25) is 4.79 Å². The molecule has 8 heteroatoms. The monoisotopic (exact) mass is 361 g/mol. The number of hydrogen-bond donors (Lipinski definition) is 1. The highest BCUT2D eigenvalue weighted by molar-refractivity contribution is 8.15. The number of nitrogens with one attached hydrogen (secondary N) is 1. The summed E-state index contributed by atoms with van der Waals surface area (Å²) in [6.07, 6.45) is 1.53. The number of amidine groups is 1. The minimum absolute atomic E-state index is 0.0292. The summed E-state index contributed by atoms with van der Waals surface area (Å²) in [5.74, 6) is -1.21. The van der Waals surface area contributed by atoms with Crippen molar-refractivity contribution < 1.29 is 18.3 Å². The molecule has 0 unspecified atom stereocenters. The summed E-state index contributed by atoms with van der Waals surface area (Å²) < 4.78 is 31.9. The van der Waals surface area contributed by atoms with Gasteiger partial charge in [-0.1, -0.05) is 36.0 Å². The Morgan fingerprint density at radius 1 is 1.24 bits per heavy atom. The first-order valence-corrected chi connectivity index (χ1v) is 8.30. The third-order valence-electron chi connectivity index (χ3n) is 3.26. The lowest BCUT2D eigenvalue weighted by molar-refractivity contribution is -0.116. The van der Waals surface area contributed by atoms with Crippen LogP contribution >= 0.6 is 11.8 Å². The molecule has 0 bridgehead atoms. The highest BCUT2D eigenvalue weighted by atomic mass is 32.2. The molecule has 1 aliphatic heterocycles. The molecule has 0 aliphatic carbocycles. The minimum Gasteiger partial charge on any atom is -0.486 e. The molecule has 1 amide bonds. The van der Waals surface area contributed by atoms with Crippen LogP contribution in [0.2, 0.25) is 0 Å². The summed E-state index contributed by atoms with van der Waals surface area (Å²) in [5, 5.41) is 10.9. The lowest BCUT2D eigenvalue weighted by atomic mass is 10.1. The SMILES string of the molecule is O=C1CSC(=NN=Cc2ccccc2COc2ccc(F)cc2F)N1. The fourth-order valence-corrected chi connectivity index (χ4v) is 2.69. The van der Waals surface area contributed by atoms with Gasteiger partial charge < -0.3 is 10.1 Å². The van der Waals surface area contributed by atoms with Crippen molar-refractivity contribution in [3.8, 4) is 5.75 Å². The molecule has 1 N–H and O–H groups in total. The van der Waals surface area contributed by atoms with E-state index in [4.69, 9.17) is 4.74 Å². The number of thioether (sulfide) groups is 1. The summed E-state index contributed by atoms with van der Waals surface area (Å²) in [6.45, 7) is 0.0901. The van der Waals surface area contributed by atoms with E-state index >= 15 is 0 Å². The van der Waals surface area contributed by atoms with E-state index in [0.717, 1.165) is 23.3 Å². The predicted molar refractivity (Wildman–Crippen MR) is 92.8 cm³/mol. The van der Waals surface area contributed by atoms with E-state index in [1.807, 2.05) is 24.3 Å². The first kappa shape index (κ1) is 17.1. The van der Waals surface area contributed by atoms with E-state index in [-0.39, 0.29) is 18.3 Å². The molecule has 0 aromatic heterocycles. The Labute approximate surface area is 146 Å². The standard InChI is InChI=1S/C17H13F2N3O2S/c18-13-5-6-15(14(19)7-13)24-9-12-4-2-1-3-11(12)8-20-22-17-21-16(23)10-25-17/h1-8H,9-10H2,(H,21,22,23). The van der Waals surface area contributed by atoms with Crippen molar-refractivity contribution in [3.63, 3.8) is 0 Å². The molecule has 5 nitrogen and oxygen atoms in total. The molecule has 0 saturated carbocycles. The molecule has 2 aromatic rings. The van der Waals surface area contributed by atoms with E-state index in [2.05, 4.69) is 15.5 Å². The Balaban J connectivity index is 1.69. The summed E-state index contributed by atoms with van der Waals surface area (Å²) >= 11 is 1.28. The van der Waals surface area contributed by atoms with Gasteiger partial charge in [0.05, 0.1) is 12.0 Å². The topological polar surface area (TPSA) is 63.0 Å². The third kappa shape index (κ3) is 4.63. The van der Waals surface area contributed by atoms with Crippen LogP contribution in [-0.4, -0.2) is 23.0 Å². The van der Waals surface area contributed by atoms with Gasteiger partial charge in [0.25, 0.3) is 0 Å². The second-order valence-corrected chi connectivity index (χ2v) is 6.01. The molecule has 2 aromatic carbocycles. The summed E-state index contributed by atoms with van der Waals surface area (Å²) in [6, 6.07) is 10.4. The van der Waals surface area contributed by atoms with E-state index in [1.54, 1.807) is 0 Å². The van der Waals surface area contributed by atoms with Gasteiger partial charge in [0, 0.05) is 11.6 Å². The van der Waals surface area contributed by atoms with Crippen molar-refractivity contribution in [2.75, 3.05) is 5.75 Å². The van der Waals surface area contributed by atoms with Crippen LogP contribution in [0.3, 0.4) is 0 Å². The lowest BCUT2D eigenvalue weighted by Crippen LogP contribution is -2.19. The van der Waals surface area contributed by atoms with Gasteiger partial charge in [0.2, 0.25) is 5.91 Å². The number of hydrogen-bond acceptors (Lipinski definition) is 5. The van der Waals surface area contributed by atoms with Crippen LogP contribution in [0.1, 0.15) is 11.1 Å². The Kier molecular flexibility index (Phi) is 5.39. The van der Waals surface area contributed by atoms with Gasteiger partial charge in [-0.05, 0) is 17.7 Å². The summed E-state index contributed by atoms with van der Waals surface area (Å²) in [7, 11) is 0. The number of halogens is 2. The number of ether oxygens (including phenoxy) is 1. The molecule has 25 heavy (non-hydrogen) atoms. The van der Waals surface area contributed by atoms with Crippen LogP contribution in [0.25, 0.3) is 0 Å². The molecule has 0 atom stereocenters. The Bertz CT molecular complexity index is 856. The largest absolute Gasteiger partial charge is 0.486 e. The Hall–Kier alpha value is -2.74. The maximum Gasteiger partial charge on any atom is 0.236 e. The van der Waals surface area contributed by atoms with E-state index in [1.165, 1.54) is 24.0 Å². The number of carbonyl (C=O) groups excluding carboxylic acids is 1. The fraction of sp³-hybridized carbons (Fsp3) is 0.118. The van der Waals surface area contributed by atoms with Crippen molar-refractivity contribution in [1.29, 1.82) is 0 Å². The highest BCUT2D eigenvalue weighted by Crippen LogP contribution is 2.19. The van der Waals surface area contributed by atoms with Crippen LogP contribution in [0, 0.1) is 11.6 Å². The Morgan fingerprint density at radius 2 is 2.08 bits per heavy atom. The molecule has 1 fully saturated rings. The van der Waals surface area contributed by atoms with Gasteiger partial charge in [0.15, 0.2) is 16.7 Å². The van der Waals surface area contributed by atoms with E-state index in [9.17, 15) is 13.6 Å². The number of amides is 1. The van der Waals surface area contributed by atoms with Crippen molar-refractivity contribution in [2.45, 2.75) is 6.61 Å². The van der Waals surface area contributed by atoms with Gasteiger partial charge in [-0.2, -0.15) is 5.10 Å². The second-order valence-electron chi connectivity index (χ2n) is 5.05. The van der Waals surface area contributed by atoms with Gasteiger partial charge >= 0.3 is 0 Å². The number of rotatable bonds is 5. The molecule has 0 spiro atoms. The average molecular weight is 361 g/mol. The van der Waals surface area contributed by atoms with Crippen LogP contribution in [0.5, 0.6) is 5.75 Å². The predicted octanol–water partition coefficient (Wildman–Crippen LogP) is 3.10. The zero-order chi connectivity index (χ0) is 17.6. The molecule has 1 heterocycles. The molecule has 1 aliphatic rings. The van der Waals surface area contributed by atoms with Crippen LogP contribution in [0.4, 0.5) is 8.78 Å². The number of carbonyl (C=O) groups is 1. The van der Waals surface area contributed by atoms with Crippen molar-refractivity contribution >= 4 is 29.1 Å². The number of nitrogens with zero attached hydrogens (tertiary/aromatic N) is 2. The highest BCUT2D eigenvalue weighted by Gasteiger charge is 2.16. The Morgan fingerprint density at radius 3 is 2.84 bits per heavy atom. The van der Waals surface area contributed by atoms with Gasteiger partial charge in [-0.15, -0.1) is 5.10 Å². The molecule has 1 saturated heterocycles. The first-order valence-electron chi connectivity index (χ1n) is 7.31. The normalized spacial score (nSPS) is 15.8. The van der Waals surface area contributed by atoms with Gasteiger partial charge in [-0.25, -0.2) is 8.78 Å². The first-order chi connectivity index (χ1) is 12.1. The molecule has 128 valence electrons. The molecule has 3 rings (SSSR count). The smallest absolute Gasteiger partial charge is 0.236 e. The quantitative estimate of drug-likeness (QED) is 0.658. The van der Waals surface area contributed by atoms with Crippen molar-refractivity contribution in [2.24, 2.45) is 10.2 Å². The number of benzene rings is 2. The van der Waals surface area contributed by atoms with Crippen molar-refractivity contribution in [1.82, 2.24) is 5.32 Å². The zero-order valence-electron chi connectivity index (χ0n) is 12.9. The van der Waals surface area contributed by atoms with Crippen LogP contribution < -0.4 is 10.1 Å². The summed E-state index contributed by atoms with van der Waals surface area (Å²) in [5.41, 5.74) is 1.50. The van der Waals surface area contributed by atoms with Gasteiger partial charge in [0.1, 0.15) is 12.4 Å². The summed E-state index contributed by atoms with van der Waals surface area (Å²) in [4.78, 5) is 11.1. The molecular formula is C17H13F2N3O2S.